The third kappa shape index (κ3) is 3.37. The first kappa shape index (κ1) is 13.4. The number of Topliss-reactive ketones (excluding diaryl/α,β-unsaturated/α-hetero) is 1. The topological polar surface area (TPSA) is 60.2 Å². The van der Waals surface area contributed by atoms with Crippen molar-refractivity contribution in [3.63, 3.8) is 0 Å². The molecule has 1 rings (SSSR count). The Hall–Kier alpha value is -1.71. The number of carbonyl (C=O) groups excluding carboxylic acids is 1. The molecule has 17 heavy (non-hydrogen) atoms. The van der Waals surface area contributed by atoms with E-state index in [1.807, 2.05) is 0 Å². The van der Waals surface area contributed by atoms with Gasteiger partial charge in [-0.15, -0.1) is 0 Å². The maximum atomic E-state index is 11.5. The molecule has 0 saturated heterocycles. The molecule has 0 fully saturated rings. The van der Waals surface area contributed by atoms with Crippen LogP contribution < -0.4 is 0 Å². The van der Waals surface area contributed by atoms with Crippen molar-refractivity contribution in [3.05, 3.63) is 39.4 Å². The quantitative estimate of drug-likeness (QED) is 0.328. The molecule has 0 radical (unpaired) electrons. The summed E-state index contributed by atoms with van der Waals surface area (Å²) < 4.78 is 0. The molecule has 0 bridgehead atoms. The molecule has 0 spiro atoms. The summed E-state index contributed by atoms with van der Waals surface area (Å²) in [6, 6.07) is 4.70. The van der Waals surface area contributed by atoms with Gasteiger partial charge in [-0.25, -0.2) is 0 Å². The van der Waals surface area contributed by atoms with Gasteiger partial charge >= 0.3 is 0 Å². The highest BCUT2D eigenvalue weighted by atomic mass is 16.6. The van der Waals surface area contributed by atoms with Crippen LogP contribution in [0.1, 0.15) is 49.0 Å². The predicted octanol–water partition coefficient (Wildman–Crippen LogP) is 3.53. The largest absolute Gasteiger partial charge is 0.294 e. The zero-order valence-electron chi connectivity index (χ0n) is 10.2. The summed E-state index contributed by atoms with van der Waals surface area (Å²) in [6.07, 6.45) is 3.54. The molecule has 0 unspecified atom stereocenters. The third-order valence-corrected chi connectivity index (χ3v) is 2.76. The van der Waals surface area contributed by atoms with Gasteiger partial charge in [0.2, 0.25) is 0 Å². The van der Waals surface area contributed by atoms with E-state index >= 15 is 0 Å². The number of hydrogen-bond acceptors (Lipinski definition) is 3. The van der Waals surface area contributed by atoms with Gasteiger partial charge in [-0.2, -0.15) is 0 Å². The van der Waals surface area contributed by atoms with Crippen molar-refractivity contribution in [3.8, 4) is 0 Å². The van der Waals surface area contributed by atoms with E-state index in [1.165, 1.54) is 13.0 Å². The molecule has 1 aromatic rings. The minimum absolute atomic E-state index is 0.0637. The lowest BCUT2D eigenvalue weighted by Gasteiger charge is -2.07. The Morgan fingerprint density at radius 1 is 1.35 bits per heavy atom. The minimum atomic E-state index is -0.409. The number of carbonyl (C=O) groups is 1. The number of rotatable bonds is 6. The molecule has 92 valence electrons. The zero-order chi connectivity index (χ0) is 12.8. The van der Waals surface area contributed by atoms with Gasteiger partial charge in [0.05, 0.1) is 4.92 Å². The van der Waals surface area contributed by atoms with Crippen molar-refractivity contribution in [2.45, 2.75) is 39.5 Å². The molecule has 0 aliphatic carbocycles. The predicted molar refractivity (Wildman–Crippen MR) is 66.3 cm³/mol. The van der Waals surface area contributed by atoms with Crippen LogP contribution in [0.25, 0.3) is 0 Å². The minimum Gasteiger partial charge on any atom is -0.294 e. The zero-order valence-corrected chi connectivity index (χ0v) is 10.2. The average Bonchev–Trinajstić information content (AvgIpc) is 2.28. The van der Waals surface area contributed by atoms with E-state index in [-0.39, 0.29) is 11.5 Å². The molecular formula is C13H17NO3. The van der Waals surface area contributed by atoms with Crippen molar-refractivity contribution in [2.24, 2.45) is 0 Å². The fourth-order valence-electron chi connectivity index (χ4n) is 1.89. The van der Waals surface area contributed by atoms with Gasteiger partial charge in [0.1, 0.15) is 0 Å². The normalized spacial score (nSPS) is 10.2. The fourth-order valence-corrected chi connectivity index (χ4v) is 1.89. The number of hydrogen-bond donors (Lipinski definition) is 0. The van der Waals surface area contributed by atoms with Gasteiger partial charge in [-0.1, -0.05) is 31.9 Å². The molecule has 0 aliphatic rings. The second-order valence-electron chi connectivity index (χ2n) is 4.07. The van der Waals surface area contributed by atoms with E-state index in [2.05, 4.69) is 6.92 Å². The molecule has 0 aliphatic heterocycles. The number of nitrogens with zero attached hydrogens (tertiary/aromatic N) is 1. The molecule has 4 nitrogen and oxygen atoms in total. The van der Waals surface area contributed by atoms with Gasteiger partial charge in [0, 0.05) is 17.2 Å². The highest BCUT2D eigenvalue weighted by molar-refractivity contribution is 5.96. The second-order valence-corrected chi connectivity index (χ2v) is 4.07. The Labute approximate surface area is 101 Å². The summed E-state index contributed by atoms with van der Waals surface area (Å²) >= 11 is 0. The first-order chi connectivity index (χ1) is 8.07. The van der Waals surface area contributed by atoms with Gasteiger partial charge in [-0.3, -0.25) is 14.9 Å². The van der Waals surface area contributed by atoms with Crippen LogP contribution in [-0.4, -0.2) is 10.7 Å². The Bertz CT molecular complexity index is 394. The number of benzene rings is 1. The van der Waals surface area contributed by atoms with Gasteiger partial charge in [0.25, 0.3) is 5.69 Å². The fraction of sp³-hybridized carbons (Fsp3) is 0.462. The van der Waals surface area contributed by atoms with Crippen LogP contribution >= 0.6 is 0 Å². The summed E-state index contributed by atoms with van der Waals surface area (Å²) in [6.45, 7) is 3.52. The summed E-state index contributed by atoms with van der Waals surface area (Å²) in [5, 5.41) is 10.9. The van der Waals surface area contributed by atoms with Crippen LogP contribution in [0.3, 0.4) is 0 Å². The molecule has 4 heteroatoms. The molecular weight excluding hydrogens is 218 g/mol. The Kier molecular flexibility index (Phi) is 4.82. The monoisotopic (exact) mass is 235 g/mol. The van der Waals surface area contributed by atoms with Gasteiger partial charge < -0.3 is 0 Å². The maximum absolute atomic E-state index is 11.5. The SMILES string of the molecule is CCCCCc1c(C(C)=O)cccc1[N+](=O)[O-]. The lowest BCUT2D eigenvalue weighted by Crippen LogP contribution is -2.04. The Morgan fingerprint density at radius 3 is 2.59 bits per heavy atom. The summed E-state index contributed by atoms with van der Waals surface area (Å²) in [5.74, 6) is -0.111. The van der Waals surface area contributed by atoms with E-state index in [0.717, 1.165) is 19.3 Å². The lowest BCUT2D eigenvalue weighted by molar-refractivity contribution is -0.385. The molecule has 0 amide bonds. The van der Waals surface area contributed by atoms with Crippen LogP contribution in [-0.2, 0) is 6.42 Å². The molecule has 0 saturated carbocycles. The van der Waals surface area contributed by atoms with E-state index in [1.54, 1.807) is 12.1 Å². The van der Waals surface area contributed by atoms with Gasteiger partial charge in [0.15, 0.2) is 5.78 Å². The molecule has 0 heterocycles. The number of nitro benzene ring substituents is 1. The van der Waals surface area contributed by atoms with Crippen molar-refractivity contribution in [2.75, 3.05) is 0 Å². The van der Waals surface area contributed by atoms with E-state index in [9.17, 15) is 14.9 Å². The maximum Gasteiger partial charge on any atom is 0.273 e. The van der Waals surface area contributed by atoms with E-state index in [0.29, 0.717) is 17.5 Å². The van der Waals surface area contributed by atoms with E-state index < -0.39 is 4.92 Å². The van der Waals surface area contributed by atoms with Gasteiger partial charge in [-0.05, 0) is 19.8 Å². The highest BCUT2D eigenvalue weighted by Crippen LogP contribution is 2.24. The lowest BCUT2D eigenvalue weighted by atomic mass is 9.97. The Morgan fingerprint density at radius 2 is 2.06 bits per heavy atom. The highest BCUT2D eigenvalue weighted by Gasteiger charge is 2.18. The molecule has 0 N–H and O–H groups in total. The summed E-state index contributed by atoms with van der Waals surface area (Å²) in [4.78, 5) is 22.0. The van der Waals surface area contributed by atoms with Crippen molar-refractivity contribution < 1.29 is 9.72 Å². The third-order valence-electron chi connectivity index (χ3n) is 2.76. The van der Waals surface area contributed by atoms with E-state index in [4.69, 9.17) is 0 Å². The smallest absolute Gasteiger partial charge is 0.273 e. The number of nitro groups is 1. The first-order valence-corrected chi connectivity index (χ1v) is 5.85. The first-order valence-electron chi connectivity index (χ1n) is 5.85. The average molecular weight is 235 g/mol. The van der Waals surface area contributed by atoms with Crippen LogP contribution in [0.2, 0.25) is 0 Å². The van der Waals surface area contributed by atoms with Crippen molar-refractivity contribution >= 4 is 11.5 Å². The summed E-state index contributed by atoms with van der Waals surface area (Å²) in [7, 11) is 0. The number of ketones is 1. The molecule has 0 aromatic heterocycles. The molecule has 1 aromatic carbocycles. The standard InChI is InChI=1S/C13H17NO3/c1-3-4-5-7-12-11(10(2)15)8-6-9-13(12)14(16)17/h6,8-9H,3-5,7H2,1-2H3. The van der Waals surface area contributed by atoms with Crippen LogP contribution in [0.4, 0.5) is 5.69 Å². The summed E-state index contributed by atoms with van der Waals surface area (Å²) in [5.41, 5.74) is 1.13. The van der Waals surface area contributed by atoms with Crippen molar-refractivity contribution in [1.29, 1.82) is 0 Å². The van der Waals surface area contributed by atoms with Crippen LogP contribution in [0, 0.1) is 10.1 Å². The second kappa shape index (κ2) is 6.13. The Balaban J connectivity index is 3.10. The number of unbranched alkanes of at least 4 members (excludes halogenated alkanes) is 2. The van der Waals surface area contributed by atoms with Crippen LogP contribution in [0.5, 0.6) is 0 Å². The van der Waals surface area contributed by atoms with Crippen LogP contribution in [0.15, 0.2) is 18.2 Å². The molecule has 0 atom stereocenters. The van der Waals surface area contributed by atoms with Crippen molar-refractivity contribution in [1.82, 2.24) is 0 Å².